The summed E-state index contributed by atoms with van der Waals surface area (Å²) in [5.41, 5.74) is 4.13. The molecule has 0 aliphatic carbocycles. The first kappa shape index (κ1) is 12.1. The van der Waals surface area contributed by atoms with Crippen molar-refractivity contribution in [2.24, 2.45) is 0 Å². The number of hydrogen-bond acceptors (Lipinski definition) is 3. The SMILES string of the molecule is Cc1ccc2c(C(=O)O)c3c(nc2c1)CCN(C)C3. The molecule has 0 radical (unpaired) electrons. The van der Waals surface area contributed by atoms with Gasteiger partial charge in [0.2, 0.25) is 0 Å². The van der Waals surface area contributed by atoms with Crippen LogP contribution in [0.1, 0.15) is 27.2 Å². The van der Waals surface area contributed by atoms with Crippen molar-refractivity contribution in [3.05, 3.63) is 40.6 Å². The minimum Gasteiger partial charge on any atom is -0.478 e. The van der Waals surface area contributed by atoms with Crippen LogP contribution in [0, 0.1) is 6.92 Å². The summed E-state index contributed by atoms with van der Waals surface area (Å²) in [5.74, 6) is -0.859. The molecule has 0 amide bonds. The van der Waals surface area contributed by atoms with Gasteiger partial charge in [0.05, 0.1) is 11.1 Å². The number of pyridine rings is 1. The Labute approximate surface area is 111 Å². The van der Waals surface area contributed by atoms with Gasteiger partial charge in [-0.2, -0.15) is 0 Å². The Balaban J connectivity index is 2.36. The van der Waals surface area contributed by atoms with Crippen molar-refractivity contribution in [3.63, 3.8) is 0 Å². The first-order chi connectivity index (χ1) is 9.06. The normalized spacial score (nSPS) is 15.5. The second-order valence-electron chi connectivity index (χ2n) is 5.23. The molecule has 1 N–H and O–H groups in total. The lowest BCUT2D eigenvalue weighted by Crippen LogP contribution is -2.29. The highest BCUT2D eigenvalue weighted by Crippen LogP contribution is 2.28. The topological polar surface area (TPSA) is 53.4 Å². The van der Waals surface area contributed by atoms with Gasteiger partial charge in [-0.15, -0.1) is 0 Å². The Bertz CT molecular complexity index is 679. The molecular formula is C15H16N2O2. The van der Waals surface area contributed by atoms with E-state index >= 15 is 0 Å². The Morgan fingerprint density at radius 1 is 1.42 bits per heavy atom. The van der Waals surface area contributed by atoms with Crippen LogP contribution < -0.4 is 0 Å². The number of fused-ring (bicyclic) bond motifs is 2. The molecule has 4 nitrogen and oxygen atoms in total. The molecule has 1 aliphatic rings. The maximum atomic E-state index is 11.6. The number of rotatable bonds is 1. The lowest BCUT2D eigenvalue weighted by Gasteiger charge is -2.26. The van der Waals surface area contributed by atoms with E-state index in [9.17, 15) is 9.90 Å². The minimum absolute atomic E-state index is 0.423. The summed E-state index contributed by atoms with van der Waals surface area (Å²) in [4.78, 5) is 18.4. The molecule has 0 spiro atoms. The molecule has 0 fully saturated rings. The maximum Gasteiger partial charge on any atom is 0.336 e. The van der Waals surface area contributed by atoms with Crippen molar-refractivity contribution in [2.45, 2.75) is 19.9 Å². The summed E-state index contributed by atoms with van der Waals surface area (Å²) in [7, 11) is 2.01. The smallest absolute Gasteiger partial charge is 0.336 e. The van der Waals surface area contributed by atoms with Gasteiger partial charge in [-0.05, 0) is 25.6 Å². The van der Waals surface area contributed by atoms with Crippen molar-refractivity contribution >= 4 is 16.9 Å². The molecule has 19 heavy (non-hydrogen) atoms. The van der Waals surface area contributed by atoms with Gasteiger partial charge < -0.3 is 10.0 Å². The molecule has 0 unspecified atom stereocenters. The maximum absolute atomic E-state index is 11.6. The van der Waals surface area contributed by atoms with Crippen LogP contribution in [-0.4, -0.2) is 34.6 Å². The minimum atomic E-state index is -0.859. The zero-order valence-corrected chi connectivity index (χ0v) is 11.1. The van der Waals surface area contributed by atoms with Crippen molar-refractivity contribution < 1.29 is 9.90 Å². The van der Waals surface area contributed by atoms with Crippen LogP contribution in [0.5, 0.6) is 0 Å². The standard InChI is InChI=1S/C15H16N2O2/c1-9-3-4-10-13(7-9)16-12-5-6-17(2)8-11(12)14(10)15(18)19/h3-4,7H,5-6,8H2,1-2H3,(H,18,19). The van der Waals surface area contributed by atoms with Crippen LogP contribution in [0.3, 0.4) is 0 Å². The third-order valence-electron chi connectivity index (χ3n) is 3.70. The van der Waals surface area contributed by atoms with Crippen molar-refractivity contribution in [1.29, 1.82) is 0 Å². The van der Waals surface area contributed by atoms with Gasteiger partial charge in [-0.25, -0.2) is 4.79 Å². The number of nitrogens with zero attached hydrogens (tertiary/aromatic N) is 2. The van der Waals surface area contributed by atoms with Gasteiger partial charge in [0, 0.05) is 36.2 Å². The molecule has 1 aliphatic heterocycles. The lowest BCUT2D eigenvalue weighted by molar-refractivity contribution is 0.0696. The zero-order valence-electron chi connectivity index (χ0n) is 11.1. The predicted molar refractivity (Wildman–Crippen MR) is 73.5 cm³/mol. The third-order valence-corrected chi connectivity index (χ3v) is 3.70. The number of aryl methyl sites for hydroxylation is 1. The van der Waals surface area contributed by atoms with Crippen LogP contribution in [0.2, 0.25) is 0 Å². The molecule has 0 bridgehead atoms. The number of hydrogen-bond donors (Lipinski definition) is 1. The van der Waals surface area contributed by atoms with E-state index < -0.39 is 5.97 Å². The second kappa shape index (κ2) is 4.31. The van der Waals surface area contributed by atoms with E-state index in [0.717, 1.165) is 40.7 Å². The van der Waals surface area contributed by atoms with E-state index in [1.54, 1.807) is 0 Å². The number of carboxylic acid groups (broad SMARTS) is 1. The largest absolute Gasteiger partial charge is 0.478 e. The summed E-state index contributed by atoms with van der Waals surface area (Å²) in [6, 6.07) is 5.77. The van der Waals surface area contributed by atoms with Gasteiger partial charge in [0.25, 0.3) is 0 Å². The summed E-state index contributed by atoms with van der Waals surface area (Å²) >= 11 is 0. The monoisotopic (exact) mass is 256 g/mol. The number of aromatic carboxylic acids is 1. The molecule has 0 saturated carbocycles. The molecule has 2 aromatic rings. The first-order valence-corrected chi connectivity index (χ1v) is 6.40. The molecule has 0 atom stereocenters. The van der Waals surface area contributed by atoms with Crippen LogP contribution in [0.4, 0.5) is 0 Å². The van der Waals surface area contributed by atoms with E-state index in [0.29, 0.717) is 12.1 Å². The fraction of sp³-hybridized carbons (Fsp3) is 0.333. The van der Waals surface area contributed by atoms with Crippen LogP contribution in [-0.2, 0) is 13.0 Å². The highest BCUT2D eigenvalue weighted by atomic mass is 16.4. The van der Waals surface area contributed by atoms with E-state index in [4.69, 9.17) is 0 Å². The summed E-state index contributed by atoms with van der Waals surface area (Å²) in [5, 5.41) is 10.3. The number of carbonyl (C=O) groups is 1. The van der Waals surface area contributed by atoms with E-state index in [1.807, 2.05) is 32.2 Å². The Kier molecular flexibility index (Phi) is 2.75. The Morgan fingerprint density at radius 2 is 2.21 bits per heavy atom. The molecule has 98 valence electrons. The molecule has 3 rings (SSSR count). The molecule has 0 saturated heterocycles. The Morgan fingerprint density at radius 3 is 2.95 bits per heavy atom. The fourth-order valence-electron chi connectivity index (χ4n) is 2.73. The molecule has 1 aromatic carbocycles. The van der Waals surface area contributed by atoms with E-state index in [1.165, 1.54) is 0 Å². The molecule has 1 aromatic heterocycles. The quantitative estimate of drug-likeness (QED) is 0.850. The van der Waals surface area contributed by atoms with Crippen molar-refractivity contribution in [3.8, 4) is 0 Å². The highest BCUT2D eigenvalue weighted by Gasteiger charge is 2.24. The van der Waals surface area contributed by atoms with E-state index in [-0.39, 0.29) is 0 Å². The van der Waals surface area contributed by atoms with Gasteiger partial charge >= 0.3 is 5.97 Å². The van der Waals surface area contributed by atoms with Crippen LogP contribution >= 0.6 is 0 Å². The summed E-state index contributed by atoms with van der Waals surface area (Å²) in [6.45, 7) is 3.58. The second-order valence-corrected chi connectivity index (χ2v) is 5.23. The number of benzene rings is 1. The van der Waals surface area contributed by atoms with E-state index in [2.05, 4.69) is 9.88 Å². The number of aromatic nitrogens is 1. The van der Waals surface area contributed by atoms with Crippen LogP contribution in [0.25, 0.3) is 10.9 Å². The average molecular weight is 256 g/mol. The summed E-state index contributed by atoms with van der Waals surface area (Å²) in [6.07, 6.45) is 0.815. The third kappa shape index (κ3) is 1.98. The fourth-order valence-corrected chi connectivity index (χ4v) is 2.73. The number of carboxylic acids is 1. The van der Waals surface area contributed by atoms with Gasteiger partial charge in [-0.1, -0.05) is 12.1 Å². The average Bonchev–Trinajstić information content (AvgIpc) is 2.35. The van der Waals surface area contributed by atoms with Gasteiger partial charge in [-0.3, -0.25) is 4.98 Å². The molecular weight excluding hydrogens is 240 g/mol. The first-order valence-electron chi connectivity index (χ1n) is 6.40. The summed E-state index contributed by atoms with van der Waals surface area (Å²) < 4.78 is 0. The molecule has 2 heterocycles. The lowest BCUT2D eigenvalue weighted by atomic mass is 9.95. The highest BCUT2D eigenvalue weighted by molar-refractivity contribution is 6.04. The Hall–Kier alpha value is -1.94. The zero-order chi connectivity index (χ0) is 13.6. The number of likely N-dealkylation sites (N-methyl/N-ethyl adjacent to an activating group) is 1. The van der Waals surface area contributed by atoms with Crippen molar-refractivity contribution in [1.82, 2.24) is 9.88 Å². The van der Waals surface area contributed by atoms with Crippen molar-refractivity contribution in [2.75, 3.05) is 13.6 Å². The van der Waals surface area contributed by atoms with Gasteiger partial charge in [0.1, 0.15) is 0 Å². The predicted octanol–water partition coefficient (Wildman–Crippen LogP) is 2.23. The van der Waals surface area contributed by atoms with Crippen LogP contribution in [0.15, 0.2) is 18.2 Å². The van der Waals surface area contributed by atoms with Gasteiger partial charge in [0.15, 0.2) is 0 Å². The molecule has 4 heteroatoms.